The first-order valence-corrected chi connectivity index (χ1v) is 7.56. The third-order valence-electron chi connectivity index (χ3n) is 3.24. The number of aliphatic carboxylic acids is 1. The number of aromatic nitrogens is 2. The third kappa shape index (κ3) is 3.96. The fraction of sp³-hybridized carbons (Fsp3) is 0.267. The highest BCUT2D eigenvalue weighted by Crippen LogP contribution is 2.18. The van der Waals surface area contributed by atoms with E-state index in [2.05, 4.69) is 26.3 Å². The summed E-state index contributed by atoms with van der Waals surface area (Å²) in [5.41, 5.74) is 1.72. The van der Waals surface area contributed by atoms with Gasteiger partial charge in [-0.05, 0) is 25.1 Å². The van der Waals surface area contributed by atoms with Gasteiger partial charge >= 0.3 is 5.97 Å². The topological polar surface area (TPSA) is 93.5 Å². The van der Waals surface area contributed by atoms with Crippen molar-refractivity contribution in [3.8, 4) is 5.69 Å². The van der Waals surface area contributed by atoms with Crippen molar-refractivity contribution in [2.45, 2.75) is 13.0 Å². The molecule has 1 atom stereocenters. The summed E-state index contributed by atoms with van der Waals surface area (Å²) < 4.78 is 7.31. The largest absolute Gasteiger partial charge is 0.480 e. The molecule has 1 unspecified atom stereocenters. The molecule has 8 heteroatoms. The second kappa shape index (κ2) is 7.38. The van der Waals surface area contributed by atoms with Gasteiger partial charge in [0, 0.05) is 11.6 Å². The Labute approximate surface area is 141 Å². The summed E-state index contributed by atoms with van der Waals surface area (Å²) >= 11 is 3.39. The Hall–Kier alpha value is -2.19. The van der Waals surface area contributed by atoms with E-state index >= 15 is 0 Å². The number of methoxy groups -OCH3 is 1. The number of rotatable bonds is 6. The highest BCUT2D eigenvalue weighted by Gasteiger charge is 2.23. The Morgan fingerprint density at radius 2 is 2.22 bits per heavy atom. The number of carboxylic acid groups (broad SMARTS) is 1. The molecule has 122 valence electrons. The molecule has 0 fully saturated rings. The predicted molar refractivity (Wildman–Crippen MR) is 86.8 cm³/mol. The molecule has 0 spiro atoms. The molecule has 2 rings (SSSR count). The number of hydrogen-bond acceptors (Lipinski definition) is 4. The molecule has 0 bridgehead atoms. The van der Waals surface area contributed by atoms with Crippen LogP contribution in [0.4, 0.5) is 0 Å². The van der Waals surface area contributed by atoms with Crippen LogP contribution < -0.4 is 5.32 Å². The predicted octanol–water partition coefficient (Wildman–Crippen LogP) is 1.77. The van der Waals surface area contributed by atoms with Crippen molar-refractivity contribution in [3.63, 3.8) is 0 Å². The Balaban J connectivity index is 2.24. The number of amides is 1. The van der Waals surface area contributed by atoms with E-state index < -0.39 is 17.9 Å². The lowest BCUT2D eigenvalue weighted by atomic mass is 10.2. The van der Waals surface area contributed by atoms with Crippen molar-refractivity contribution in [2.24, 2.45) is 0 Å². The smallest absolute Gasteiger partial charge is 0.328 e. The lowest BCUT2D eigenvalue weighted by Crippen LogP contribution is -2.43. The normalized spacial score (nSPS) is 12.0. The quantitative estimate of drug-likeness (QED) is 0.795. The summed E-state index contributed by atoms with van der Waals surface area (Å²) in [6.45, 7) is 1.63. The molecule has 2 aromatic rings. The van der Waals surface area contributed by atoms with Gasteiger partial charge in [0.2, 0.25) is 0 Å². The molecule has 0 radical (unpaired) electrons. The lowest BCUT2D eigenvalue weighted by Gasteiger charge is -2.13. The van der Waals surface area contributed by atoms with E-state index in [9.17, 15) is 9.59 Å². The standard InChI is InChI=1S/C15H16BrN3O4/c1-9-12(14(20)18-13(8-23-2)15(21)22)7-17-19(9)11-5-3-4-10(16)6-11/h3-7,13H,8H2,1-2H3,(H,18,20)(H,21,22). The first-order valence-electron chi connectivity index (χ1n) is 6.77. The monoisotopic (exact) mass is 381 g/mol. The molecule has 0 aliphatic rings. The lowest BCUT2D eigenvalue weighted by molar-refractivity contribution is -0.140. The van der Waals surface area contributed by atoms with E-state index in [-0.39, 0.29) is 6.61 Å². The molecule has 7 nitrogen and oxygen atoms in total. The van der Waals surface area contributed by atoms with Crippen LogP contribution in [0, 0.1) is 6.92 Å². The Kier molecular flexibility index (Phi) is 5.51. The van der Waals surface area contributed by atoms with Crippen LogP contribution in [0.15, 0.2) is 34.9 Å². The molecule has 0 aliphatic carbocycles. The number of halogens is 1. The molecule has 1 aromatic carbocycles. The number of nitrogens with one attached hydrogen (secondary N) is 1. The summed E-state index contributed by atoms with van der Waals surface area (Å²) in [6, 6.07) is 6.36. The molecular formula is C15H16BrN3O4. The summed E-state index contributed by atoms with van der Waals surface area (Å²) in [5, 5.41) is 15.7. The molecule has 0 saturated heterocycles. The van der Waals surface area contributed by atoms with Gasteiger partial charge in [-0.2, -0.15) is 5.10 Å². The summed E-state index contributed by atoms with van der Waals surface area (Å²) in [7, 11) is 1.37. The van der Waals surface area contributed by atoms with Crippen LogP contribution in [0.1, 0.15) is 16.1 Å². The van der Waals surface area contributed by atoms with Crippen LogP contribution in [0.5, 0.6) is 0 Å². The van der Waals surface area contributed by atoms with Gasteiger partial charge in [0.05, 0.1) is 29.7 Å². The molecule has 0 saturated carbocycles. The number of carbonyl (C=O) groups is 2. The maximum atomic E-state index is 12.3. The van der Waals surface area contributed by atoms with E-state index in [1.807, 2.05) is 24.3 Å². The van der Waals surface area contributed by atoms with Crippen LogP contribution in [-0.4, -0.2) is 46.5 Å². The van der Waals surface area contributed by atoms with Crippen molar-refractivity contribution >= 4 is 27.8 Å². The molecule has 2 N–H and O–H groups in total. The number of carbonyl (C=O) groups excluding carboxylic acids is 1. The van der Waals surface area contributed by atoms with Gasteiger partial charge in [0.15, 0.2) is 6.04 Å². The van der Waals surface area contributed by atoms with Gasteiger partial charge in [-0.25, -0.2) is 9.48 Å². The Morgan fingerprint density at radius 1 is 1.48 bits per heavy atom. The van der Waals surface area contributed by atoms with Gasteiger partial charge in [0.25, 0.3) is 5.91 Å². The number of nitrogens with zero attached hydrogens (tertiary/aromatic N) is 2. The number of carboxylic acids is 1. The molecule has 1 aromatic heterocycles. The minimum atomic E-state index is -1.16. The highest BCUT2D eigenvalue weighted by molar-refractivity contribution is 9.10. The fourth-order valence-electron chi connectivity index (χ4n) is 2.08. The van der Waals surface area contributed by atoms with E-state index in [1.54, 1.807) is 11.6 Å². The Morgan fingerprint density at radius 3 is 2.83 bits per heavy atom. The third-order valence-corrected chi connectivity index (χ3v) is 3.74. The van der Waals surface area contributed by atoms with Crippen LogP contribution in [0.25, 0.3) is 5.69 Å². The van der Waals surface area contributed by atoms with Gasteiger partial charge < -0.3 is 15.2 Å². The van der Waals surface area contributed by atoms with Crippen molar-refractivity contribution in [1.82, 2.24) is 15.1 Å². The van der Waals surface area contributed by atoms with Gasteiger partial charge in [-0.3, -0.25) is 4.79 Å². The molecule has 23 heavy (non-hydrogen) atoms. The first-order chi connectivity index (χ1) is 10.9. The Bertz CT molecular complexity index is 729. The van der Waals surface area contributed by atoms with Gasteiger partial charge in [0.1, 0.15) is 0 Å². The minimum absolute atomic E-state index is 0.111. The summed E-state index contributed by atoms with van der Waals surface area (Å²) in [5.74, 6) is -1.66. The van der Waals surface area contributed by atoms with Gasteiger partial charge in [-0.15, -0.1) is 0 Å². The van der Waals surface area contributed by atoms with E-state index in [1.165, 1.54) is 13.3 Å². The maximum absolute atomic E-state index is 12.3. The number of hydrogen-bond donors (Lipinski definition) is 2. The van der Waals surface area contributed by atoms with Crippen molar-refractivity contribution in [1.29, 1.82) is 0 Å². The van der Waals surface area contributed by atoms with E-state index in [4.69, 9.17) is 9.84 Å². The highest BCUT2D eigenvalue weighted by atomic mass is 79.9. The fourth-order valence-corrected chi connectivity index (χ4v) is 2.47. The maximum Gasteiger partial charge on any atom is 0.328 e. The summed E-state index contributed by atoms with van der Waals surface area (Å²) in [4.78, 5) is 23.4. The molecular weight excluding hydrogens is 366 g/mol. The first kappa shape index (κ1) is 17.2. The van der Waals surface area contributed by atoms with Crippen LogP contribution in [0.2, 0.25) is 0 Å². The molecule has 1 amide bonds. The second-order valence-electron chi connectivity index (χ2n) is 4.85. The zero-order valence-corrected chi connectivity index (χ0v) is 14.2. The number of ether oxygens (including phenoxy) is 1. The average molecular weight is 382 g/mol. The zero-order chi connectivity index (χ0) is 17.0. The zero-order valence-electron chi connectivity index (χ0n) is 12.6. The summed E-state index contributed by atoms with van der Waals surface area (Å²) in [6.07, 6.45) is 1.41. The molecule has 1 heterocycles. The molecule has 0 aliphatic heterocycles. The minimum Gasteiger partial charge on any atom is -0.480 e. The van der Waals surface area contributed by atoms with Crippen LogP contribution >= 0.6 is 15.9 Å². The van der Waals surface area contributed by atoms with Crippen LogP contribution in [0.3, 0.4) is 0 Å². The van der Waals surface area contributed by atoms with Gasteiger partial charge in [-0.1, -0.05) is 22.0 Å². The second-order valence-corrected chi connectivity index (χ2v) is 5.77. The van der Waals surface area contributed by atoms with Crippen LogP contribution in [-0.2, 0) is 9.53 Å². The van der Waals surface area contributed by atoms with Crippen molar-refractivity contribution in [2.75, 3.05) is 13.7 Å². The van der Waals surface area contributed by atoms with Crippen molar-refractivity contribution < 1.29 is 19.4 Å². The van der Waals surface area contributed by atoms with Crippen molar-refractivity contribution in [3.05, 3.63) is 46.2 Å². The van der Waals surface area contributed by atoms with E-state index in [0.717, 1.165) is 10.2 Å². The SMILES string of the molecule is COCC(NC(=O)c1cnn(-c2cccc(Br)c2)c1C)C(=O)O. The number of benzene rings is 1. The van der Waals surface area contributed by atoms with E-state index in [0.29, 0.717) is 11.3 Å². The average Bonchev–Trinajstić information content (AvgIpc) is 2.88.